The third kappa shape index (κ3) is 1.70. The first-order valence-electron chi connectivity index (χ1n) is 3.84. The van der Waals surface area contributed by atoms with E-state index in [2.05, 4.69) is 5.32 Å². The average molecular weight is 158 g/mol. The normalized spacial score (nSPS) is 38.5. The van der Waals surface area contributed by atoms with Crippen LogP contribution in [0, 0.1) is 0 Å². The molecule has 1 saturated heterocycles. The lowest BCUT2D eigenvalue weighted by Gasteiger charge is -2.34. The standard InChI is InChI=1S/C7H14N2O2/c1-5-3-2-4-7(8,9-5)6(10)11/h5,9H,2-4,8H2,1H3,(H,10,11)/t5-,7-/m0/s1. The van der Waals surface area contributed by atoms with Gasteiger partial charge in [-0.15, -0.1) is 0 Å². The van der Waals surface area contributed by atoms with Crippen LogP contribution in [0.5, 0.6) is 0 Å². The van der Waals surface area contributed by atoms with E-state index < -0.39 is 11.6 Å². The summed E-state index contributed by atoms with van der Waals surface area (Å²) in [6.45, 7) is 1.95. The van der Waals surface area contributed by atoms with Gasteiger partial charge in [-0.25, -0.2) is 4.79 Å². The molecule has 0 spiro atoms. The highest BCUT2D eigenvalue weighted by molar-refractivity contribution is 5.78. The maximum absolute atomic E-state index is 10.6. The van der Waals surface area contributed by atoms with Gasteiger partial charge in [0, 0.05) is 6.04 Å². The number of hydrogen-bond donors (Lipinski definition) is 3. The zero-order valence-electron chi connectivity index (χ0n) is 6.63. The van der Waals surface area contributed by atoms with Crippen molar-refractivity contribution >= 4 is 5.97 Å². The van der Waals surface area contributed by atoms with Gasteiger partial charge in [0.25, 0.3) is 0 Å². The molecule has 4 nitrogen and oxygen atoms in total. The molecule has 0 unspecified atom stereocenters. The van der Waals surface area contributed by atoms with E-state index in [-0.39, 0.29) is 6.04 Å². The first-order chi connectivity index (χ1) is 5.04. The summed E-state index contributed by atoms with van der Waals surface area (Å²) >= 11 is 0. The highest BCUT2D eigenvalue weighted by Crippen LogP contribution is 2.17. The monoisotopic (exact) mass is 158 g/mol. The molecule has 11 heavy (non-hydrogen) atoms. The van der Waals surface area contributed by atoms with Gasteiger partial charge in [-0.05, 0) is 26.2 Å². The fourth-order valence-electron chi connectivity index (χ4n) is 1.44. The van der Waals surface area contributed by atoms with Crippen molar-refractivity contribution in [3.63, 3.8) is 0 Å². The Kier molecular flexibility index (Phi) is 2.15. The number of rotatable bonds is 1. The number of aliphatic carboxylic acids is 1. The summed E-state index contributed by atoms with van der Waals surface area (Å²) in [4.78, 5) is 10.6. The minimum Gasteiger partial charge on any atom is -0.479 e. The molecule has 1 rings (SSSR count). The predicted octanol–water partition coefficient (Wildman–Crippen LogP) is -0.112. The summed E-state index contributed by atoms with van der Waals surface area (Å²) < 4.78 is 0. The summed E-state index contributed by atoms with van der Waals surface area (Å²) in [7, 11) is 0. The second-order valence-corrected chi connectivity index (χ2v) is 3.21. The molecular weight excluding hydrogens is 144 g/mol. The molecule has 0 aromatic heterocycles. The Bertz CT molecular complexity index is 172. The predicted molar refractivity (Wildman–Crippen MR) is 41.0 cm³/mol. The Morgan fingerprint density at radius 3 is 2.82 bits per heavy atom. The van der Waals surface area contributed by atoms with Crippen molar-refractivity contribution in [2.24, 2.45) is 5.73 Å². The van der Waals surface area contributed by atoms with Crippen LogP contribution in [-0.4, -0.2) is 22.8 Å². The van der Waals surface area contributed by atoms with Crippen molar-refractivity contribution in [1.29, 1.82) is 0 Å². The third-order valence-corrected chi connectivity index (χ3v) is 2.09. The fraction of sp³-hybridized carbons (Fsp3) is 0.857. The maximum Gasteiger partial charge on any atom is 0.338 e. The Labute approximate surface area is 65.8 Å². The molecule has 0 aromatic carbocycles. The van der Waals surface area contributed by atoms with E-state index in [1.54, 1.807) is 0 Å². The lowest BCUT2D eigenvalue weighted by molar-refractivity contribution is -0.146. The molecular formula is C7H14N2O2. The van der Waals surface area contributed by atoms with Gasteiger partial charge in [-0.2, -0.15) is 0 Å². The van der Waals surface area contributed by atoms with Gasteiger partial charge in [0.2, 0.25) is 0 Å². The summed E-state index contributed by atoms with van der Waals surface area (Å²) in [6, 6.07) is 0.213. The van der Waals surface area contributed by atoms with Gasteiger partial charge in [0.05, 0.1) is 0 Å². The Morgan fingerprint density at radius 2 is 2.45 bits per heavy atom. The van der Waals surface area contributed by atoms with Crippen molar-refractivity contribution in [3.05, 3.63) is 0 Å². The molecule has 0 bridgehead atoms. The molecule has 2 atom stereocenters. The van der Waals surface area contributed by atoms with Crippen molar-refractivity contribution in [3.8, 4) is 0 Å². The van der Waals surface area contributed by atoms with Crippen molar-refractivity contribution in [1.82, 2.24) is 5.32 Å². The smallest absolute Gasteiger partial charge is 0.338 e. The van der Waals surface area contributed by atoms with E-state index >= 15 is 0 Å². The molecule has 4 heteroatoms. The first-order valence-corrected chi connectivity index (χ1v) is 3.84. The van der Waals surface area contributed by atoms with Crippen LogP contribution in [0.1, 0.15) is 26.2 Å². The molecule has 4 N–H and O–H groups in total. The largest absolute Gasteiger partial charge is 0.479 e. The van der Waals surface area contributed by atoms with Crippen molar-refractivity contribution in [2.45, 2.75) is 37.9 Å². The van der Waals surface area contributed by atoms with Gasteiger partial charge in [0.15, 0.2) is 5.66 Å². The highest BCUT2D eigenvalue weighted by Gasteiger charge is 2.37. The zero-order chi connectivity index (χ0) is 8.48. The number of nitrogens with one attached hydrogen (secondary N) is 1. The van der Waals surface area contributed by atoms with Crippen LogP contribution in [0.15, 0.2) is 0 Å². The molecule has 0 aromatic rings. The summed E-state index contributed by atoms with van der Waals surface area (Å²) in [5.74, 6) is -0.955. The highest BCUT2D eigenvalue weighted by atomic mass is 16.4. The summed E-state index contributed by atoms with van der Waals surface area (Å²) in [5, 5.41) is 11.6. The number of carboxylic acid groups (broad SMARTS) is 1. The molecule has 0 amide bonds. The molecule has 0 radical (unpaired) electrons. The minimum atomic E-state index is -1.18. The second-order valence-electron chi connectivity index (χ2n) is 3.21. The minimum absolute atomic E-state index is 0.213. The Morgan fingerprint density at radius 1 is 1.82 bits per heavy atom. The summed E-state index contributed by atoms with van der Waals surface area (Å²) in [6.07, 6.45) is 2.41. The number of carbonyl (C=O) groups is 1. The van der Waals surface area contributed by atoms with Gasteiger partial charge in [-0.1, -0.05) is 0 Å². The quantitative estimate of drug-likeness (QED) is 0.497. The van der Waals surface area contributed by atoms with Crippen LogP contribution in [0.2, 0.25) is 0 Å². The number of piperidine rings is 1. The topological polar surface area (TPSA) is 75.4 Å². The molecule has 64 valence electrons. The lowest BCUT2D eigenvalue weighted by atomic mass is 9.95. The van der Waals surface area contributed by atoms with Crippen LogP contribution < -0.4 is 11.1 Å². The third-order valence-electron chi connectivity index (χ3n) is 2.09. The molecule has 0 saturated carbocycles. The number of hydrogen-bond acceptors (Lipinski definition) is 3. The van der Waals surface area contributed by atoms with Crippen LogP contribution in [-0.2, 0) is 4.79 Å². The van der Waals surface area contributed by atoms with Crippen LogP contribution in [0.4, 0.5) is 0 Å². The van der Waals surface area contributed by atoms with E-state index in [0.717, 1.165) is 12.8 Å². The van der Waals surface area contributed by atoms with Crippen LogP contribution in [0.3, 0.4) is 0 Å². The Hall–Kier alpha value is -0.610. The van der Waals surface area contributed by atoms with E-state index in [1.807, 2.05) is 6.92 Å². The van der Waals surface area contributed by atoms with Crippen LogP contribution >= 0.6 is 0 Å². The molecule has 1 heterocycles. The van der Waals surface area contributed by atoms with E-state index in [0.29, 0.717) is 6.42 Å². The van der Waals surface area contributed by atoms with Crippen LogP contribution in [0.25, 0.3) is 0 Å². The van der Waals surface area contributed by atoms with Gasteiger partial charge in [0.1, 0.15) is 0 Å². The lowest BCUT2D eigenvalue weighted by Crippen LogP contribution is -2.64. The molecule has 1 aliphatic rings. The Balaban J connectivity index is 2.63. The maximum atomic E-state index is 10.6. The molecule has 1 fully saturated rings. The van der Waals surface area contributed by atoms with Crippen molar-refractivity contribution < 1.29 is 9.90 Å². The van der Waals surface area contributed by atoms with Gasteiger partial charge >= 0.3 is 5.97 Å². The molecule has 1 aliphatic heterocycles. The molecule has 0 aliphatic carbocycles. The van der Waals surface area contributed by atoms with Crippen molar-refractivity contribution in [2.75, 3.05) is 0 Å². The number of carboxylic acids is 1. The van der Waals surface area contributed by atoms with E-state index in [9.17, 15) is 4.79 Å². The van der Waals surface area contributed by atoms with E-state index in [1.165, 1.54) is 0 Å². The second kappa shape index (κ2) is 2.79. The van der Waals surface area contributed by atoms with Gasteiger partial charge < -0.3 is 10.8 Å². The first kappa shape index (κ1) is 8.49. The van der Waals surface area contributed by atoms with Gasteiger partial charge in [-0.3, -0.25) is 5.32 Å². The summed E-state index contributed by atoms with van der Waals surface area (Å²) in [5.41, 5.74) is 4.40. The SMILES string of the molecule is C[C@H]1CCC[C@@](N)(C(=O)O)N1. The average Bonchev–Trinajstić information content (AvgIpc) is 1.86. The van der Waals surface area contributed by atoms with E-state index in [4.69, 9.17) is 10.8 Å². The number of nitrogens with two attached hydrogens (primary N) is 1. The zero-order valence-corrected chi connectivity index (χ0v) is 6.63. The fourth-order valence-corrected chi connectivity index (χ4v) is 1.44.